The number of carbonyl (C=O) groups is 1. The van der Waals surface area contributed by atoms with Gasteiger partial charge in [-0.3, -0.25) is 4.79 Å². The van der Waals surface area contributed by atoms with E-state index in [1.807, 2.05) is 6.08 Å². The zero-order chi connectivity index (χ0) is 12.3. The normalized spacial score (nSPS) is 30.6. The molecule has 2 aliphatic heterocycles. The molecule has 0 unspecified atom stereocenters. The number of hydrogen-bond donors (Lipinski definition) is 1. The fourth-order valence-electron chi connectivity index (χ4n) is 2.78. The van der Waals surface area contributed by atoms with E-state index in [0.717, 1.165) is 38.8 Å². The van der Waals surface area contributed by atoms with Gasteiger partial charge >= 0.3 is 0 Å². The number of carbonyl (C=O) groups excluding carboxylic acids is 1. The minimum Gasteiger partial charge on any atom is -0.325 e. The molecule has 0 aromatic heterocycles. The number of nitrogens with zero attached hydrogens (tertiary/aromatic N) is 2. The molecule has 5 heteroatoms. The van der Waals surface area contributed by atoms with Gasteiger partial charge in [0.15, 0.2) is 0 Å². The van der Waals surface area contributed by atoms with Crippen LogP contribution >= 0.6 is 12.4 Å². The minimum atomic E-state index is -0.206. The molecule has 100 valence electrons. The SMILES string of the molecule is C=CC[C@@H]1CN[C@H](C(=O)N2CCC[C@H]2C#N)C1.Cl. The molecule has 18 heavy (non-hydrogen) atoms. The maximum absolute atomic E-state index is 12.3. The van der Waals surface area contributed by atoms with E-state index in [1.165, 1.54) is 0 Å². The van der Waals surface area contributed by atoms with Gasteiger partial charge in [0.25, 0.3) is 0 Å². The quantitative estimate of drug-likeness (QED) is 0.790. The van der Waals surface area contributed by atoms with Crippen molar-refractivity contribution in [3.63, 3.8) is 0 Å². The van der Waals surface area contributed by atoms with Crippen molar-refractivity contribution in [1.29, 1.82) is 5.26 Å². The fourth-order valence-corrected chi connectivity index (χ4v) is 2.78. The second-order valence-electron chi connectivity index (χ2n) is 4.91. The van der Waals surface area contributed by atoms with Crippen LogP contribution in [0.2, 0.25) is 0 Å². The Morgan fingerprint density at radius 2 is 2.39 bits per heavy atom. The summed E-state index contributed by atoms with van der Waals surface area (Å²) in [6.45, 7) is 5.35. The molecule has 0 aliphatic carbocycles. The topological polar surface area (TPSA) is 56.1 Å². The van der Waals surface area contributed by atoms with E-state index in [1.54, 1.807) is 4.90 Å². The van der Waals surface area contributed by atoms with Gasteiger partial charge in [-0.2, -0.15) is 5.26 Å². The van der Waals surface area contributed by atoms with Crippen LogP contribution in [0.5, 0.6) is 0 Å². The van der Waals surface area contributed by atoms with Crippen LogP contribution in [-0.4, -0.2) is 36.0 Å². The van der Waals surface area contributed by atoms with Crippen LogP contribution in [0.1, 0.15) is 25.7 Å². The number of rotatable bonds is 3. The smallest absolute Gasteiger partial charge is 0.240 e. The van der Waals surface area contributed by atoms with Gasteiger partial charge < -0.3 is 10.2 Å². The lowest BCUT2D eigenvalue weighted by atomic mass is 10.0. The molecule has 3 atom stereocenters. The number of allylic oxidation sites excluding steroid dienone is 1. The van der Waals surface area contributed by atoms with Crippen LogP contribution in [0.25, 0.3) is 0 Å². The van der Waals surface area contributed by atoms with E-state index in [4.69, 9.17) is 5.26 Å². The van der Waals surface area contributed by atoms with Crippen molar-refractivity contribution in [2.45, 2.75) is 37.8 Å². The van der Waals surface area contributed by atoms with Crippen LogP contribution < -0.4 is 5.32 Å². The van der Waals surface area contributed by atoms with E-state index in [0.29, 0.717) is 5.92 Å². The summed E-state index contributed by atoms with van der Waals surface area (Å²) in [6, 6.07) is 1.92. The summed E-state index contributed by atoms with van der Waals surface area (Å²) in [5.41, 5.74) is 0. The molecule has 0 bridgehead atoms. The summed E-state index contributed by atoms with van der Waals surface area (Å²) in [7, 11) is 0. The molecule has 0 aromatic rings. The average Bonchev–Trinajstić information content (AvgIpc) is 2.96. The van der Waals surface area contributed by atoms with Crippen molar-refractivity contribution in [1.82, 2.24) is 10.2 Å². The molecule has 1 N–H and O–H groups in total. The highest BCUT2D eigenvalue weighted by atomic mass is 35.5. The van der Waals surface area contributed by atoms with E-state index in [-0.39, 0.29) is 30.4 Å². The Hall–Kier alpha value is -1.05. The largest absolute Gasteiger partial charge is 0.325 e. The van der Waals surface area contributed by atoms with E-state index >= 15 is 0 Å². The summed E-state index contributed by atoms with van der Waals surface area (Å²) in [5.74, 6) is 0.630. The average molecular weight is 270 g/mol. The van der Waals surface area contributed by atoms with Crippen LogP contribution in [0.15, 0.2) is 12.7 Å². The monoisotopic (exact) mass is 269 g/mol. The van der Waals surface area contributed by atoms with Gasteiger partial charge in [-0.15, -0.1) is 19.0 Å². The first-order valence-corrected chi connectivity index (χ1v) is 6.30. The second-order valence-corrected chi connectivity index (χ2v) is 4.91. The Balaban J connectivity index is 0.00000162. The second kappa shape index (κ2) is 6.77. The molecule has 2 fully saturated rings. The van der Waals surface area contributed by atoms with Crippen LogP contribution in [0.4, 0.5) is 0 Å². The molecule has 1 amide bonds. The molecule has 2 rings (SSSR count). The summed E-state index contributed by atoms with van der Waals surface area (Å²) < 4.78 is 0. The molecule has 2 aliphatic rings. The van der Waals surface area contributed by atoms with Crippen LogP contribution in [0.3, 0.4) is 0 Å². The third-order valence-electron chi connectivity index (χ3n) is 3.70. The third-order valence-corrected chi connectivity index (χ3v) is 3.70. The zero-order valence-corrected chi connectivity index (χ0v) is 11.3. The lowest BCUT2D eigenvalue weighted by Gasteiger charge is -2.23. The third kappa shape index (κ3) is 3.04. The molecule has 0 spiro atoms. The number of amides is 1. The summed E-state index contributed by atoms with van der Waals surface area (Å²) >= 11 is 0. The predicted molar refractivity (Wildman–Crippen MR) is 72.3 cm³/mol. The number of halogens is 1. The zero-order valence-electron chi connectivity index (χ0n) is 10.5. The van der Waals surface area contributed by atoms with Crippen molar-refractivity contribution >= 4 is 18.3 Å². The summed E-state index contributed by atoms with van der Waals surface area (Å²) in [5, 5.41) is 12.3. The van der Waals surface area contributed by atoms with Crippen molar-refractivity contribution in [2.24, 2.45) is 5.92 Å². The minimum absolute atomic E-state index is 0. The van der Waals surface area contributed by atoms with Crippen molar-refractivity contribution in [3.05, 3.63) is 12.7 Å². The first-order valence-electron chi connectivity index (χ1n) is 6.30. The van der Waals surface area contributed by atoms with E-state index < -0.39 is 0 Å². The van der Waals surface area contributed by atoms with E-state index in [9.17, 15) is 4.79 Å². The molecule has 4 nitrogen and oxygen atoms in total. The Morgan fingerprint density at radius 1 is 1.61 bits per heavy atom. The highest BCUT2D eigenvalue weighted by Gasteiger charge is 2.36. The van der Waals surface area contributed by atoms with E-state index in [2.05, 4.69) is 18.0 Å². The summed E-state index contributed by atoms with van der Waals surface area (Å²) in [4.78, 5) is 14.0. The molecule has 0 radical (unpaired) electrons. The van der Waals surface area contributed by atoms with Gasteiger partial charge in [0.05, 0.1) is 12.1 Å². The Kier molecular flexibility index (Phi) is 5.64. The Bertz CT molecular complexity index is 353. The van der Waals surface area contributed by atoms with Crippen LogP contribution in [-0.2, 0) is 4.79 Å². The molecule has 2 saturated heterocycles. The van der Waals surface area contributed by atoms with Gasteiger partial charge in [0, 0.05) is 6.54 Å². The molecule has 2 heterocycles. The number of likely N-dealkylation sites (tertiary alicyclic amines) is 1. The van der Waals surface area contributed by atoms with Gasteiger partial charge in [0.2, 0.25) is 5.91 Å². The van der Waals surface area contributed by atoms with Gasteiger partial charge in [-0.25, -0.2) is 0 Å². The van der Waals surface area contributed by atoms with Crippen molar-refractivity contribution in [3.8, 4) is 6.07 Å². The first-order chi connectivity index (χ1) is 8.26. The fraction of sp³-hybridized carbons (Fsp3) is 0.692. The predicted octanol–water partition coefficient (Wildman–Crippen LogP) is 1.48. The van der Waals surface area contributed by atoms with Gasteiger partial charge in [-0.1, -0.05) is 6.08 Å². The maximum Gasteiger partial charge on any atom is 0.240 e. The highest BCUT2D eigenvalue weighted by molar-refractivity contribution is 5.85. The maximum atomic E-state index is 12.3. The molecule has 0 saturated carbocycles. The standard InChI is InChI=1S/C13H19N3O.ClH/c1-2-4-10-7-12(15-9-10)13(17)16-6-3-5-11(16)8-14;/h2,10-12,15H,1,3-7,9H2;1H/t10-,11-,12-;/m0./s1. The lowest BCUT2D eigenvalue weighted by molar-refractivity contribution is -0.133. The van der Waals surface area contributed by atoms with Crippen molar-refractivity contribution < 1.29 is 4.79 Å². The Morgan fingerprint density at radius 3 is 3.06 bits per heavy atom. The molecular weight excluding hydrogens is 250 g/mol. The molecule has 0 aromatic carbocycles. The Labute approximate surface area is 114 Å². The highest BCUT2D eigenvalue weighted by Crippen LogP contribution is 2.23. The van der Waals surface area contributed by atoms with Crippen LogP contribution in [0, 0.1) is 17.2 Å². The number of nitrogens with one attached hydrogen (secondary N) is 1. The van der Waals surface area contributed by atoms with Gasteiger partial charge in [0.1, 0.15) is 6.04 Å². The first kappa shape index (κ1) is 15.0. The number of hydrogen-bond acceptors (Lipinski definition) is 3. The molecular formula is C13H20ClN3O. The van der Waals surface area contributed by atoms with Crippen molar-refractivity contribution in [2.75, 3.05) is 13.1 Å². The van der Waals surface area contributed by atoms with Gasteiger partial charge in [-0.05, 0) is 38.1 Å². The summed E-state index contributed by atoms with van der Waals surface area (Å²) in [6.07, 6.45) is 5.52. The number of nitriles is 1. The lowest BCUT2D eigenvalue weighted by Crippen LogP contribution is -2.45.